The van der Waals surface area contributed by atoms with E-state index in [2.05, 4.69) is 15.3 Å². The van der Waals surface area contributed by atoms with Gasteiger partial charge in [0.25, 0.3) is 0 Å². The second kappa shape index (κ2) is 7.23. The zero-order valence-electron chi connectivity index (χ0n) is 14.3. The van der Waals surface area contributed by atoms with Crippen LogP contribution in [0, 0.1) is 0 Å². The van der Waals surface area contributed by atoms with Gasteiger partial charge in [-0.1, -0.05) is 35.9 Å². The van der Waals surface area contributed by atoms with Crippen molar-refractivity contribution in [3.05, 3.63) is 83.6 Å². The van der Waals surface area contributed by atoms with Crippen molar-refractivity contribution in [2.24, 2.45) is 5.73 Å². The highest BCUT2D eigenvalue weighted by molar-refractivity contribution is 6.30. The molecule has 1 amide bonds. The Morgan fingerprint density at radius 1 is 1.04 bits per heavy atom. The van der Waals surface area contributed by atoms with Gasteiger partial charge in [0, 0.05) is 28.5 Å². The number of pyridine rings is 1. The summed E-state index contributed by atoms with van der Waals surface area (Å²) in [7, 11) is 0. The van der Waals surface area contributed by atoms with E-state index < -0.39 is 6.04 Å². The number of anilines is 1. The molecule has 4 rings (SSSR count). The Morgan fingerprint density at radius 2 is 1.78 bits per heavy atom. The minimum atomic E-state index is -0.762. The van der Waals surface area contributed by atoms with Crippen LogP contribution in [0.25, 0.3) is 22.2 Å². The molecule has 0 aliphatic heterocycles. The summed E-state index contributed by atoms with van der Waals surface area (Å²) in [6.07, 6.45) is 3.64. The number of aromatic nitrogens is 2. The van der Waals surface area contributed by atoms with Crippen molar-refractivity contribution in [3.8, 4) is 11.1 Å². The minimum absolute atomic E-state index is 0.276. The van der Waals surface area contributed by atoms with Gasteiger partial charge in [0.15, 0.2) is 0 Å². The Kier molecular flexibility index (Phi) is 4.62. The van der Waals surface area contributed by atoms with Crippen LogP contribution in [0.5, 0.6) is 0 Å². The van der Waals surface area contributed by atoms with Gasteiger partial charge in [-0.3, -0.25) is 4.79 Å². The first kappa shape index (κ1) is 17.3. The zero-order chi connectivity index (χ0) is 18.8. The second-order valence-corrected chi connectivity index (χ2v) is 6.63. The summed E-state index contributed by atoms with van der Waals surface area (Å²) in [5.74, 6) is -0.276. The van der Waals surface area contributed by atoms with Crippen molar-refractivity contribution in [2.45, 2.75) is 6.04 Å². The number of aromatic amines is 1. The summed E-state index contributed by atoms with van der Waals surface area (Å²) in [5.41, 5.74) is 10.4. The van der Waals surface area contributed by atoms with E-state index >= 15 is 0 Å². The molecule has 4 N–H and O–H groups in total. The molecule has 0 fully saturated rings. The monoisotopic (exact) mass is 376 g/mol. The van der Waals surface area contributed by atoms with Gasteiger partial charge in [-0.15, -0.1) is 0 Å². The molecule has 2 heterocycles. The van der Waals surface area contributed by atoms with Crippen molar-refractivity contribution in [1.29, 1.82) is 0 Å². The Bertz CT molecular complexity index is 1090. The average molecular weight is 377 g/mol. The molecule has 1 atom stereocenters. The van der Waals surface area contributed by atoms with Crippen molar-refractivity contribution >= 4 is 34.2 Å². The molecule has 27 heavy (non-hydrogen) atoms. The highest BCUT2D eigenvalue weighted by Gasteiger charge is 2.16. The fourth-order valence-corrected chi connectivity index (χ4v) is 3.11. The SMILES string of the molecule is NC(C(=O)Nc1ccc(-c2ccnc3[nH]ccc23)cc1)c1ccc(Cl)cc1. The number of hydrogen-bond acceptors (Lipinski definition) is 3. The molecule has 0 saturated carbocycles. The van der Waals surface area contributed by atoms with Crippen molar-refractivity contribution in [1.82, 2.24) is 9.97 Å². The van der Waals surface area contributed by atoms with E-state index in [0.29, 0.717) is 16.3 Å². The number of nitrogens with zero attached hydrogens (tertiary/aromatic N) is 1. The van der Waals surface area contributed by atoms with Crippen LogP contribution < -0.4 is 11.1 Å². The number of amides is 1. The second-order valence-electron chi connectivity index (χ2n) is 6.19. The molecule has 1 unspecified atom stereocenters. The first-order chi connectivity index (χ1) is 13.1. The summed E-state index contributed by atoms with van der Waals surface area (Å²) >= 11 is 5.87. The molecule has 2 aromatic carbocycles. The van der Waals surface area contributed by atoms with Crippen LogP contribution in [-0.4, -0.2) is 15.9 Å². The van der Waals surface area contributed by atoms with Crippen LogP contribution >= 0.6 is 11.6 Å². The first-order valence-electron chi connectivity index (χ1n) is 8.46. The van der Waals surface area contributed by atoms with E-state index in [4.69, 9.17) is 17.3 Å². The third-order valence-corrected chi connectivity index (χ3v) is 4.69. The number of nitrogens with two attached hydrogens (primary N) is 1. The quantitative estimate of drug-likeness (QED) is 0.489. The number of H-pyrrole nitrogens is 1. The van der Waals surface area contributed by atoms with Crippen LogP contribution in [0.3, 0.4) is 0 Å². The topological polar surface area (TPSA) is 83.8 Å². The zero-order valence-corrected chi connectivity index (χ0v) is 15.1. The molecule has 134 valence electrons. The Balaban J connectivity index is 1.51. The largest absolute Gasteiger partial charge is 0.346 e. The molecular weight excluding hydrogens is 360 g/mol. The fourth-order valence-electron chi connectivity index (χ4n) is 2.99. The molecule has 5 nitrogen and oxygen atoms in total. The molecule has 0 bridgehead atoms. The molecule has 0 saturated heterocycles. The number of fused-ring (bicyclic) bond motifs is 1. The van der Waals surface area contributed by atoms with Gasteiger partial charge in [-0.25, -0.2) is 4.98 Å². The lowest BCUT2D eigenvalue weighted by molar-refractivity contribution is -0.117. The molecule has 0 aliphatic rings. The molecule has 0 spiro atoms. The van der Waals surface area contributed by atoms with Crippen LogP contribution in [-0.2, 0) is 4.79 Å². The summed E-state index contributed by atoms with van der Waals surface area (Å²) in [5, 5.41) is 4.51. The maximum absolute atomic E-state index is 12.4. The third-order valence-electron chi connectivity index (χ3n) is 4.44. The van der Waals surface area contributed by atoms with Crippen molar-refractivity contribution in [2.75, 3.05) is 5.32 Å². The van der Waals surface area contributed by atoms with E-state index in [1.165, 1.54) is 0 Å². The summed E-state index contributed by atoms with van der Waals surface area (Å²) in [4.78, 5) is 19.8. The average Bonchev–Trinajstić information content (AvgIpc) is 3.17. The van der Waals surface area contributed by atoms with E-state index in [9.17, 15) is 4.79 Å². The first-order valence-corrected chi connectivity index (χ1v) is 8.84. The van der Waals surface area contributed by atoms with Gasteiger partial charge in [0.05, 0.1) is 0 Å². The fraction of sp³-hybridized carbons (Fsp3) is 0.0476. The number of carbonyl (C=O) groups is 1. The number of benzene rings is 2. The Hall–Kier alpha value is -3.15. The smallest absolute Gasteiger partial charge is 0.245 e. The maximum Gasteiger partial charge on any atom is 0.245 e. The molecule has 2 aromatic heterocycles. The Morgan fingerprint density at radius 3 is 2.52 bits per heavy atom. The minimum Gasteiger partial charge on any atom is -0.346 e. The number of halogens is 1. The number of rotatable bonds is 4. The highest BCUT2D eigenvalue weighted by Crippen LogP contribution is 2.28. The van der Waals surface area contributed by atoms with E-state index in [-0.39, 0.29) is 5.91 Å². The van der Waals surface area contributed by atoms with Gasteiger partial charge in [0.1, 0.15) is 11.7 Å². The molecule has 0 aliphatic carbocycles. The summed E-state index contributed by atoms with van der Waals surface area (Å²) in [6.45, 7) is 0. The molecule has 6 heteroatoms. The van der Waals surface area contributed by atoms with Crippen LogP contribution in [0.4, 0.5) is 5.69 Å². The van der Waals surface area contributed by atoms with E-state index in [0.717, 1.165) is 22.2 Å². The van der Waals surface area contributed by atoms with E-state index in [1.54, 1.807) is 30.5 Å². The predicted octanol–water partition coefficient (Wildman–Crippen LogP) is 4.52. The number of carbonyl (C=O) groups excluding carboxylic acids is 1. The van der Waals surface area contributed by atoms with Gasteiger partial charge < -0.3 is 16.0 Å². The normalized spacial score (nSPS) is 12.1. The van der Waals surface area contributed by atoms with Crippen LogP contribution in [0.1, 0.15) is 11.6 Å². The van der Waals surface area contributed by atoms with Crippen LogP contribution in [0.2, 0.25) is 5.02 Å². The number of nitrogens with one attached hydrogen (secondary N) is 2. The molecular formula is C21H17ClN4O. The molecule has 0 radical (unpaired) electrons. The lowest BCUT2D eigenvalue weighted by Crippen LogP contribution is -2.27. The van der Waals surface area contributed by atoms with Crippen molar-refractivity contribution < 1.29 is 4.79 Å². The number of hydrogen-bond donors (Lipinski definition) is 3. The molecule has 4 aromatic rings. The van der Waals surface area contributed by atoms with Gasteiger partial charge in [-0.05, 0) is 53.1 Å². The predicted molar refractivity (Wildman–Crippen MR) is 109 cm³/mol. The Labute approximate surface area is 161 Å². The lowest BCUT2D eigenvalue weighted by atomic mass is 10.0. The summed E-state index contributed by atoms with van der Waals surface area (Å²) in [6, 6.07) is 17.8. The maximum atomic E-state index is 12.4. The standard InChI is InChI=1S/C21H17ClN4O/c22-15-5-1-14(2-6-15)19(23)21(27)26-16-7-3-13(4-8-16)17-9-11-24-20-18(17)10-12-25-20/h1-12,19H,23H2,(H,24,25)(H,26,27). The van der Waals surface area contributed by atoms with Crippen molar-refractivity contribution in [3.63, 3.8) is 0 Å². The third kappa shape index (κ3) is 3.56. The lowest BCUT2D eigenvalue weighted by Gasteiger charge is -2.13. The summed E-state index contributed by atoms with van der Waals surface area (Å²) < 4.78 is 0. The van der Waals surface area contributed by atoms with Gasteiger partial charge in [0.2, 0.25) is 5.91 Å². The van der Waals surface area contributed by atoms with Gasteiger partial charge >= 0.3 is 0 Å². The van der Waals surface area contributed by atoms with Crippen LogP contribution in [0.15, 0.2) is 73.1 Å². The van der Waals surface area contributed by atoms with E-state index in [1.807, 2.05) is 42.6 Å². The highest BCUT2D eigenvalue weighted by atomic mass is 35.5. The van der Waals surface area contributed by atoms with Gasteiger partial charge in [-0.2, -0.15) is 0 Å².